The van der Waals surface area contributed by atoms with Crippen LogP contribution in [0.2, 0.25) is 0 Å². The molecule has 0 fully saturated rings. The van der Waals surface area contributed by atoms with E-state index >= 15 is 0 Å². The lowest BCUT2D eigenvalue weighted by Gasteiger charge is -2.15. The number of aryl methyl sites for hydroxylation is 2. The summed E-state index contributed by atoms with van der Waals surface area (Å²) in [5, 5.41) is 3.01. The Morgan fingerprint density at radius 3 is 2.33 bits per heavy atom. The molecular formula is C17H21N3O. The van der Waals surface area contributed by atoms with Gasteiger partial charge in [0.25, 0.3) is 5.91 Å². The minimum atomic E-state index is -0.0882. The number of hydrogen-bond donors (Lipinski definition) is 3. The second kappa shape index (κ2) is 6.41. The lowest BCUT2D eigenvalue weighted by Crippen LogP contribution is -2.26. The quantitative estimate of drug-likeness (QED) is 0.596. The monoisotopic (exact) mass is 283 g/mol. The molecule has 2 aromatic carbocycles. The van der Waals surface area contributed by atoms with Crippen LogP contribution in [0.3, 0.4) is 0 Å². The minimum Gasteiger partial charge on any atom is -0.346 e. The molecule has 1 amide bonds. The number of benzene rings is 2. The number of hydrogen-bond acceptors (Lipinski definition) is 3. The van der Waals surface area contributed by atoms with Crippen molar-refractivity contribution in [2.24, 2.45) is 5.84 Å². The van der Waals surface area contributed by atoms with Gasteiger partial charge in [0.15, 0.2) is 0 Å². The molecule has 0 heterocycles. The van der Waals surface area contributed by atoms with Crippen LogP contribution < -0.4 is 16.6 Å². The Balaban J connectivity index is 2.10. The summed E-state index contributed by atoms with van der Waals surface area (Å²) in [7, 11) is 0. The second-order valence-electron chi connectivity index (χ2n) is 5.28. The maximum absolute atomic E-state index is 12.3. The number of nitrogens with two attached hydrogens (primary N) is 1. The van der Waals surface area contributed by atoms with Gasteiger partial charge in [-0.3, -0.25) is 10.6 Å². The molecule has 0 aliphatic rings. The summed E-state index contributed by atoms with van der Waals surface area (Å²) >= 11 is 0. The lowest BCUT2D eigenvalue weighted by atomic mass is 10.1. The molecule has 0 aliphatic carbocycles. The van der Waals surface area contributed by atoms with Gasteiger partial charge in [0.2, 0.25) is 0 Å². The van der Waals surface area contributed by atoms with E-state index in [1.54, 1.807) is 12.1 Å². The van der Waals surface area contributed by atoms with E-state index in [0.29, 0.717) is 5.56 Å². The van der Waals surface area contributed by atoms with Crippen LogP contribution in [0.25, 0.3) is 0 Å². The third-order valence-electron chi connectivity index (χ3n) is 3.57. The standard InChI is InChI=1S/C17H21N3O/c1-11-4-6-14(7-5-11)13(3)19-17(21)15-8-9-16(20-18)12(2)10-15/h4-10,13,20H,18H2,1-3H3,(H,19,21). The molecule has 0 spiro atoms. The number of anilines is 1. The van der Waals surface area contributed by atoms with Crippen molar-refractivity contribution in [3.63, 3.8) is 0 Å². The van der Waals surface area contributed by atoms with E-state index in [0.717, 1.165) is 16.8 Å². The summed E-state index contributed by atoms with van der Waals surface area (Å²) in [5.41, 5.74) is 7.28. The van der Waals surface area contributed by atoms with E-state index in [1.165, 1.54) is 5.56 Å². The Kier molecular flexibility index (Phi) is 4.60. The molecule has 0 bridgehead atoms. The molecule has 0 aliphatic heterocycles. The third-order valence-corrected chi connectivity index (χ3v) is 3.57. The Morgan fingerprint density at radius 2 is 1.76 bits per heavy atom. The maximum atomic E-state index is 12.3. The van der Waals surface area contributed by atoms with E-state index in [4.69, 9.17) is 5.84 Å². The summed E-state index contributed by atoms with van der Waals surface area (Å²) < 4.78 is 0. The molecule has 2 rings (SSSR count). The molecule has 2 aromatic rings. The number of nitrogen functional groups attached to an aromatic ring is 1. The highest BCUT2D eigenvalue weighted by atomic mass is 16.1. The van der Waals surface area contributed by atoms with Crippen LogP contribution in [0, 0.1) is 13.8 Å². The fourth-order valence-electron chi connectivity index (χ4n) is 2.19. The average molecular weight is 283 g/mol. The van der Waals surface area contributed by atoms with Gasteiger partial charge in [-0.2, -0.15) is 0 Å². The van der Waals surface area contributed by atoms with Gasteiger partial charge in [-0.25, -0.2) is 0 Å². The molecule has 0 saturated carbocycles. The van der Waals surface area contributed by atoms with Crippen molar-refractivity contribution < 1.29 is 4.79 Å². The summed E-state index contributed by atoms with van der Waals surface area (Å²) in [6.45, 7) is 5.93. The van der Waals surface area contributed by atoms with Crippen molar-refractivity contribution in [1.82, 2.24) is 5.32 Å². The zero-order valence-corrected chi connectivity index (χ0v) is 12.6. The molecule has 21 heavy (non-hydrogen) atoms. The molecular weight excluding hydrogens is 262 g/mol. The maximum Gasteiger partial charge on any atom is 0.251 e. The van der Waals surface area contributed by atoms with Crippen LogP contribution in [0.5, 0.6) is 0 Å². The zero-order chi connectivity index (χ0) is 15.4. The van der Waals surface area contributed by atoms with Crippen molar-refractivity contribution in [1.29, 1.82) is 0 Å². The molecule has 4 nitrogen and oxygen atoms in total. The summed E-state index contributed by atoms with van der Waals surface area (Å²) in [6.07, 6.45) is 0. The van der Waals surface area contributed by atoms with Crippen molar-refractivity contribution in [3.05, 3.63) is 64.7 Å². The zero-order valence-electron chi connectivity index (χ0n) is 12.6. The molecule has 1 atom stereocenters. The van der Waals surface area contributed by atoms with Crippen molar-refractivity contribution in [2.75, 3.05) is 5.43 Å². The predicted octanol–water partition coefficient (Wildman–Crippen LogP) is 3.08. The van der Waals surface area contributed by atoms with Gasteiger partial charge >= 0.3 is 0 Å². The van der Waals surface area contributed by atoms with Gasteiger partial charge in [-0.1, -0.05) is 29.8 Å². The fourth-order valence-corrected chi connectivity index (χ4v) is 2.19. The fraction of sp³-hybridized carbons (Fsp3) is 0.235. The van der Waals surface area contributed by atoms with Gasteiger partial charge in [-0.15, -0.1) is 0 Å². The highest BCUT2D eigenvalue weighted by Crippen LogP contribution is 2.17. The van der Waals surface area contributed by atoms with Gasteiger partial charge in [0.05, 0.1) is 11.7 Å². The SMILES string of the molecule is Cc1ccc(C(C)NC(=O)c2ccc(NN)c(C)c2)cc1. The number of rotatable bonds is 4. The smallest absolute Gasteiger partial charge is 0.251 e. The molecule has 0 aromatic heterocycles. The van der Waals surface area contributed by atoms with E-state index < -0.39 is 0 Å². The van der Waals surface area contributed by atoms with Crippen LogP contribution in [0.15, 0.2) is 42.5 Å². The summed E-state index contributed by atoms with van der Waals surface area (Å²) in [4.78, 5) is 12.3. The largest absolute Gasteiger partial charge is 0.346 e. The molecule has 4 N–H and O–H groups in total. The molecule has 0 radical (unpaired) electrons. The first kappa shape index (κ1) is 15.1. The van der Waals surface area contributed by atoms with E-state index in [1.807, 2.05) is 51.1 Å². The predicted molar refractivity (Wildman–Crippen MR) is 86.0 cm³/mol. The van der Waals surface area contributed by atoms with Crippen LogP contribution in [-0.2, 0) is 0 Å². The number of carbonyl (C=O) groups is 1. The average Bonchev–Trinajstić information content (AvgIpc) is 2.47. The van der Waals surface area contributed by atoms with Gasteiger partial charge in [-0.05, 0) is 50.1 Å². The van der Waals surface area contributed by atoms with Crippen LogP contribution in [0.1, 0.15) is 40.0 Å². The van der Waals surface area contributed by atoms with Crippen molar-refractivity contribution >= 4 is 11.6 Å². The van der Waals surface area contributed by atoms with Crippen molar-refractivity contribution in [2.45, 2.75) is 26.8 Å². The number of carbonyl (C=O) groups excluding carboxylic acids is 1. The molecule has 110 valence electrons. The Morgan fingerprint density at radius 1 is 1.10 bits per heavy atom. The minimum absolute atomic E-state index is 0.0364. The van der Waals surface area contributed by atoms with Gasteiger partial charge in [0, 0.05) is 5.56 Å². The number of hydrazine groups is 1. The highest BCUT2D eigenvalue weighted by molar-refractivity contribution is 5.95. The molecule has 0 saturated heterocycles. The summed E-state index contributed by atoms with van der Waals surface area (Å²) in [5.74, 6) is 5.31. The first-order valence-electron chi connectivity index (χ1n) is 6.96. The van der Waals surface area contributed by atoms with Crippen LogP contribution in [0.4, 0.5) is 5.69 Å². The first-order valence-corrected chi connectivity index (χ1v) is 6.96. The van der Waals surface area contributed by atoms with E-state index in [9.17, 15) is 4.79 Å². The lowest BCUT2D eigenvalue weighted by molar-refractivity contribution is 0.0940. The van der Waals surface area contributed by atoms with Gasteiger partial charge < -0.3 is 10.7 Å². The Labute approximate surface area is 125 Å². The molecule has 4 heteroatoms. The highest BCUT2D eigenvalue weighted by Gasteiger charge is 2.12. The summed E-state index contributed by atoms with van der Waals surface area (Å²) in [6, 6.07) is 13.5. The third kappa shape index (κ3) is 3.61. The number of amides is 1. The Hall–Kier alpha value is -2.33. The van der Waals surface area contributed by atoms with Crippen LogP contribution >= 0.6 is 0 Å². The molecule has 1 unspecified atom stereocenters. The first-order chi connectivity index (χ1) is 10.0. The van der Waals surface area contributed by atoms with E-state index in [2.05, 4.69) is 10.7 Å². The van der Waals surface area contributed by atoms with Crippen molar-refractivity contribution in [3.8, 4) is 0 Å². The van der Waals surface area contributed by atoms with E-state index in [-0.39, 0.29) is 11.9 Å². The van der Waals surface area contributed by atoms with Gasteiger partial charge in [0.1, 0.15) is 0 Å². The normalized spacial score (nSPS) is 11.8. The number of nitrogens with one attached hydrogen (secondary N) is 2. The topological polar surface area (TPSA) is 67.2 Å². The van der Waals surface area contributed by atoms with Crippen LogP contribution in [-0.4, -0.2) is 5.91 Å². The Bertz CT molecular complexity index is 635. The second-order valence-corrected chi connectivity index (χ2v) is 5.28.